The number of hydrogen-bond donors (Lipinski definition) is 2. The summed E-state index contributed by atoms with van der Waals surface area (Å²) in [5.74, 6) is 2.03. The molecule has 0 fully saturated rings. The lowest BCUT2D eigenvalue weighted by molar-refractivity contribution is 0.366. The van der Waals surface area contributed by atoms with Crippen molar-refractivity contribution < 1.29 is 14.2 Å². The van der Waals surface area contributed by atoms with Gasteiger partial charge in [-0.2, -0.15) is 5.21 Å². The summed E-state index contributed by atoms with van der Waals surface area (Å²) in [4.78, 5) is 0. The molecule has 102 valence electrons. The third kappa shape index (κ3) is 2.43. The van der Waals surface area contributed by atoms with E-state index in [9.17, 15) is 0 Å². The van der Waals surface area contributed by atoms with Crippen LogP contribution in [-0.4, -0.2) is 42.0 Å². The average molecular weight is 265 g/mol. The lowest BCUT2D eigenvalue weighted by Crippen LogP contribution is -2.16. The SMILES string of the molecule is COc1cc(OC)c(C(N)c2nn[nH]n2)c(OC)c1. The van der Waals surface area contributed by atoms with Gasteiger partial charge in [0.1, 0.15) is 23.3 Å². The molecule has 1 aromatic carbocycles. The van der Waals surface area contributed by atoms with E-state index < -0.39 is 6.04 Å². The van der Waals surface area contributed by atoms with Crippen LogP contribution in [0.1, 0.15) is 17.4 Å². The number of nitrogens with two attached hydrogens (primary N) is 1. The Bertz CT molecular complexity index is 518. The molecular formula is C11H15N5O3. The Morgan fingerprint density at radius 3 is 2.16 bits per heavy atom. The van der Waals surface area contributed by atoms with Crippen molar-refractivity contribution in [1.29, 1.82) is 0 Å². The van der Waals surface area contributed by atoms with Crippen molar-refractivity contribution in [3.63, 3.8) is 0 Å². The van der Waals surface area contributed by atoms with Gasteiger partial charge in [-0.15, -0.1) is 10.2 Å². The molecule has 0 amide bonds. The molecule has 0 bridgehead atoms. The smallest absolute Gasteiger partial charge is 0.195 e. The number of nitrogens with zero attached hydrogens (tertiary/aromatic N) is 3. The number of rotatable bonds is 5. The van der Waals surface area contributed by atoms with E-state index in [2.05, 4.69) is 20.6 Å². The minimum absolute atomic E-state index is 0.349. The van der Waals surface area contributed by atoms with Crippen molar-refractivity contribution in [2.75, 3.05) is 21.3 Å². The molecular weight excluding hydrogens is 250 g/mol. The van der Waals surface area contributed by atoms with E-state index >= 15 is 0 Å². The summed E-state index contributed by atoms with van der Waals surface area (Å²) in [6.07, 6.45) is 0. The minimum atomic E-state index is -0.616. The van der Waals surface area contributed by atoms with Crippen molar-refractivity contribution in [1.82, 2.24) is 20.6 Å². The Balaban J connectivity index is 2.54. The van der Waals surface area contributed by atoms with Crippen LogP contribution in [0.15, 0.2) is 12.1 Å². The number of aromatic nitrogens is 4. The molecule has 0 aliphatic heterocycles. The Kier molecular flexibility index (Phi) is 3.81. The van der Waals surface area contributed by atoms with Gasteiger partial charge in [-0.05, 0) is 0 Å². The van der Waals surface area contributed by atoms with E-state index in [4.69, 9.17) is 19.9 Å². The predicted octanol–water partition coefficient (Wildman–Crippen LogP) is 0.274. The first-order valence-electron chi connectivity index (χ1n) is 5.50. The Hall–Kier alpha value is -2.35. The summed E-state index contributed by atoms with van der Waals surface area (Å²) < 4.78 is 15.8. The molecule has 0 radical (unpaired) electrons. The second kappa shape index (κ2) is 5.53. The maximum atomic E-state index is 6.12. The molecule has 3 N–H and O–H groups in total. The Morgan fingerprint density at radius 2 is 1.74 bits per heavy atom. The van der Waals surface area contributed by atoms with Crippen LogP contribution in [0, 0.1) is 0 Å². The fraction of sp³-hybridized carbons (Fsp3) is 0.364. The number of hydrogen-bond acceptors (Lipinski definition) is 7. The molecule has 0 aliphatic carbocycles. The maximum Gasteiger partial charge on any atom is 0.195 e. The average Bonchev–Trinajstić information content (AvgIpc) is 2.99. The van der Waals surface area contributed by atoms with Crippen LogP contribution in [-0.2, 0) is 0 Å². The van der Waals surface area contributed by atoms with E-state index in [0.717, 1.165) is 0 Å². The molecule has 0 saturated heterocycles. The summed E-state index contributed by atoms with van der Waals surface area (Å²) in [6, 6.07) is 2.82. The summed E-state index contributed by atoms with van der Waals surface area (Å²) in [5.41, 5.74) is 6.75. The first-order chi connectivity index (χ1) is 9.21. The van der Waals surface area contributed by atoms with Crippen LogP contribution < -0.4 is 19.9 Å². The third-order valence-corrected chi connectivity index (χ3v) is 2.70. The molecule has 1 aromatic heterocycles. The Morgan fingerprint density at radius 1 is 1.11 bits per heavy atom. The van der Waals surface area contributed by atoms with Crippen LogP contribution in [0.4, 0.5) is 0 Å². The fourth-order valence-electron chi connectivity index (χ4n) is 1.77. The molecule has 0 aliphatic rings. The van der Waals surface area contributed by atoms with Crippen LogP contribution in [0.25, 0.3) is 0 Å². The largest absolute Gasteiger partial charge is 0.496 e. The zero-order chi connectivity index (χ0) is 13.8. The highest BCUT2D eigenvalue weighted by atomic mass is 16.5. The quantitative estimate of drug-likeness (QED) is 0.798. The van der Waals surface area contributed by atoms with E-state index in [1.54, 1.807) is 33.5 Å². The molecule has 2 aromatic rings. The molecule has 1 unspecified atom stereocenters. The summed E-state index contributed by atoms with van der Waals surface area (Å²) in [6.45, 7) is 0. The van der Waals surface area contributed by atoms with Crippen molar-refractivity contribution in [2.45, 2.75) is 6.04 Å². The Labute approximate surface area is 109 Å². The lowest BCUT2D eigenvalue weighted by Gasteiger charge is -2.17. The van der Waals surface area contributed by atoms with Gasteiger partial charge in [-0.25, -0.2) is 0 Å². The van der Waals surface area contributed by atoms with Crippen molar-refractivity contribution in [3.8, 4) is 17.2 Å². The highest BCUT2D eigenvalue weighted by Gasteiger charge is 2.23. The fourth-order valence-corrected chi connectivity index (χ4v) is 1.77. The first-order valence-corrected chi connectivity index (χ1v) is 5.50. The molecule has 0 spiro atoms. The second-order valence-electron chi connectivity index (χ2n) is 3.69. The van der Waals surface area contributed by atoms with Gasteiger partial charge < -0.3 is 19.9 Å². The summed E-state index contributed by atoms with van der Waals surface area (Å²) in [5, 5.41) is 13.6. The molecule has 8 heteroatoms. The highest BCUT2D eigenvalue weighted by Crippen LogP contribution is 2.38. The van der Waals surface area contributed by atoms with E-state index in [1.807, 2.05) is 0 Å². The predicted molar refractivity (Wildman–Crippen MR) is 66.3 cm³/mol. The number of ether oxygens (including phenoxy) is 3. The molecule has 0 saturated carbocycles. The summed E-state index contributed by atoms with van der Waals surface area (Å²) in [7, 11) is 4.65. The van der Waals surface area contributed by atoms with Crippen LogP contribution >= 0.6 is 0 Å². The lowest BCUT2D eigenvalue weighted by atomic mass is 10.0. The van der Waals surface area contributed by atoms with Gasteiger partial charge in [0.05, 0.1) is 26.9 Å². The zero-order valence-electron chi connectivity index (χ0n) is 10.9. The normalized spacial score (nSPS) is 12.0. The van der Waals surface area contributed by atoms with Gasteiger partial charge in [0, 0.05) is 12.1 Å². The van der Waals surface area contributed by atoms with Crippen LogP contribution in [0.3, 0.4) is 0 Å². The van der Waals surface area contributed by atoms with Gasteiger partial charge in [-0.1, -0.05) is 5.21 Å². The summed E-state index contributed by atoms with van der Waals surface area (Å²) >= 11 is 0. The van der Waals surface area contributed by atoms with E-state index in [1.165, 1.54) is 0 Å². The molecule has 8 nitrogen and oxygen atoms in total. The second-order valence-corrected chi connectivity index (χ2v) is 3.69. The van der Waals surface area contributed by atoms with Gasteiger partial charge in [-0.3, -0.25) is 0 Å². The van der Waals surface area contributed by atoms with Crippen molar-refractivity contribution in [2.24, 2.45) is 5.73 Å². The highest BCUT2D eigenvalue weighted by molar-refractivity contribution is 5.53. The number of benzene rings is 1. The first kappa shape index (κ1) is 13.1. The zero-order valence-corrected chi connectivity index (χ0v) is 10.9. The molecule has 19 heavy (non-hydrogen) atoms. The monoisotopic (exact) mass is 265 g/mol. The number of tetrazole rings is 1. The maximum absolute atomic E-state index is 6.12. The van der Waals surface area contributed by atoms with Gasteiger partial charge in [0.15, 0.2) is 5.82 Å². The molecule has 1 atom stereocenters. The topological polar surface area (TPSA) is 108 Å². The van der Waals surface area contributed by atoms with Crippen LogP contribution in [0.2, 0.25) is 0 Å². The van der Waals surface area contributed by atoms with Crippen LogP contribution in [0.5, 0.6) is 17.2 Å². The number of H-pyrrole nitrogens is 1. The number of nitrogens with one attached hydrogen (secondary N) is 1. The van der Waals surface area contributed by atoms with Gasteiger partial charge >= 0.3 is 0 Å². The standard InChI is InChI=1S/C11H15N5O3/c1-17-6-4-7(18-2)9(8(5-6)19-3)10(12)11-13-15-16-14-11/h4-5,10H,12H2,1-3H3,(H,13,14,15,16). The van der Waals surface area contributed by atoms with Crippen molar-refractivity contribution in [3.05, 3.63) is 23.5 Å². The number of methoxy groups -OCH3 is 3. The third-order valence-electron chi connectivity index (χ3n) is 2.70. The van der Waals surface area contributed by atoms with Crippen molar-refractivity contribution >= 4 is 0 Å². The molecule has 1 heterocycles. The van der Waals surface area contributed by atoms with Gasteiger partial charge in [0.2, 0.25) is 0 Å². The van der Waals surface area contributed by atoms with Gasteiger partial charge in [0.25, 0.3) is 0 Å². The minimum Gasteiger partial charge on any atom is -0.496 e. The van der Waals surface area contributed by atoms with E-state index in [0.29, 0.717) is 28.6 Å². The van der Waals surface area contributed by atoms with E-state index in [-0.39, 0.29) is 0 Å². The number of aromatic amines is 1. The molecule has 2 rings (SSSR count).